The SMILES string of the molecule is O.O=C([O-])C(O)C(O)C(=O)[O-].[NH4+].[Na+]. The predicted molar refractivity (Wildman–Crippen MR) is 31.6 cm³/mol. The summed E-state index contributed by atoms with van der Waals surface area (Å²) < 4.78 is 0. The predicted octanol–water partition coefficient (Wildman–Crippen LogP) is -8.24. The molecule has 0 aliphatic carbocycles. The Morgan fingerprint density at radius 1 is 1.00 bits per heavy atom. The van der Waals surface area contributed by atoms with Crippen molar-refractivity contribution in [3.63, 3.8) is 0 Å². The molecule has 0 aromatic carbocycles. The first-order valence-corrected chi connectivity index (χ1v) is 2.24. The van der Waals surface area contributed by atoms with E-state index in [1.54, 1.807) is 0 Å². The second kappa shape index (κ2) is 9.86. The fraction of sp³-hybridized carbons (Fsp3) is 0.500. The zero-order chi connectivity index (χ0) is 8.31. The number of carboxylic acid groups (broad SMARTS) is 2. The molecule has 8 nitrogen and oxygen atoms in total. The third-order valence-electron chi connectivity index (χ3n) is 0.782. The van der Waals surface area contributed by atoms with Crippen LogP contribution in [0.3, 0.4) is 0 Å². The van der Waals surface area contributed by atoms with Crippen LogP contribution in [0, 0.1) is 0 Å². The molecule has 0 aliphatic heterocycles. The average molecular weight is 207 g/mol. The van der Waals surface area contributed by atoms with Gasteiger partial charge in [0.1, 0.15) is 12.2 Å². The molecule has 0 aliphatic rings. The van der Waals surface area contributed by atoms with Crippen LogP contribution in [0.5, 0.6) is 0 Å². The Labute approximate surface area is 95.4 Å². The third kappa shape index (κ3) is 8.12. The number of carboxylic acids is 2. The molecule has 0 rings (SSSR count). The second-order valence-corrected chi connectivity index (χ2v) is 1.53. The van der Waals surface area contributed by atoms with Gasteiger partial charge in [-0.1, -0.05) is 0 Å². The number of aliphatic carboxylic acids is 2. The van der Waals surface area contributed by atoms with E-state index in [1.165, 1.54) is 0 Å². The average Bonchev–Trinajstić information content (AvgIpc) is 1.84. The minimum atomic E-state index is -2.44. The maximum absolute atomic E-state index is 9.63. The van der Waals surface area contributed by atoms with Crippen LogP contribution in [-0.4, -0.2) is 39.8 Å². The van der Waals surface area contributed by atoms with Gasteiger partial charge in [0.15, 0.2) is 0 Å². The van der Waals surface area contributed by atoms with Gasteiger partial charge < -0.3 is 41.6 Å². The van der Waals surface area contributed by atoms with Gasteiger partial charge in [-0.2, -0.15) is 0 Å². The second-order valence-electron chi connectivity index (χ2n) is 1.53. The monoisotopic (exact) mass is 207 g/mol. The summed E-state index contributed by atoms with van der Waals surface area (Å²) in [6.07, 6.45) is -4.88. The van der Waals surface area contributed by atoms with Crippen LogP contribution >= 0.6 is 0 Å². The Bertz CT molecular complexity index is 145. The first-order chi connectivity index (χ1) is 4.46. The molecule has 0 radical (unpaired) electrons. The zero-order valence-electron chi connectivity index (χ0n) is 7.18. The fourth-order valence-corrected chi connectivity index (χ4v) is 0.258. The summed E-state index contributed by atoms with van der Waals surface area (Å²) in [5.74, 6) is -4.12. The molecule has 2 atom stereocenters. The van der Waals surface area contributed by atoms with Crippen LogP contribution in [0.15, 0.2) is 0 Å². The summed E-state index contributed by atoms with van der Waals surface area (Å²) in [7, 11) is 0. The molecule has 0 saturated heterocycles. The van der Waals surface area contributed by atoms with Crippen LogP contribution in [0.25, 0.3) is 0 Å². The van der Waals surface area contributed by atoms with Crippen molar-refractivity contribution in [2.45, 2.75) is 12.2 Å². The van der Waals surface area contributed by atoms with E-state index >= 15 is 0 Å². The molecule has 8 N–H and O–H groups in total. The van der Waals surface area contributed by atoms with Crippen molar-refractivity contribution in [1.82, 2.24) is 6.15 Å². The number of aliphatic hydroxyl groups excluding tert-OH is 2. The number of quaternary nitrogens is 1. The van der Waals surface area contributed by atoms with E-state index in [-0.39, 0.29) is 41.2 Å². The minimum absolute atomic E-state index is 0. The van der Waals surface area contributed by atoms with Crippen molar-refractivity contribution >= 4 is 11.9 Å². The normalized spacial score (nSPS) is 12.2. The molecule has 0 amide bonds. The summed E-state index contributed by atoms with van der Waals surface area (Å²) in [6, 6.07) is 0. The number of carbonyl (C=O) groups excluding carboxylic acids is 2. The zero-order valence-corrected chi connectivity index (χ0v) is 9.18. The van der Waals surface area contributed by atoms with Crippen LogP contribution in [0.1, 0.15) is 0 Å². The first kappa shape index (κ1) is 23.0. The van der Waals surface area contributed by atoms with E-state index in [0.717, 1.165) is 0 Å². The van der Waals surface area contributed by atoms with E-state index in [9.17, 15) is 19.8 Å². The maximum atomic E-state index is 9.63. The van der Waals surface area contributed by atoms with Crippen molar-refractivity contribution in [3.8, 4) is 0 Å². The number of aliphatic hydroxyl groups is 2. The summed E-state index contributed by atoms with van der Waals surface area (Å²) in [5, 5.41) is 35.7. The molecule has 0 saturated carbocycles. The fourth-order valence-electron chi connectivity index (χ4n) is 0.258. The Morgan fingerprint density at radius 3 is 1.23 bits per heavy atom. The Balaban J connectivity index is -0.000000135. The molecule has 0 heterocycles. The van der Waals surface area contributed by atoms with E-state index in [4.69, 9.17) is 10.2 Å². The smallest absolute Gasteiger partial charge is 0.547 e. The van der Waals surface area contributed by atoms with Gasteiger partial charge in [0, 0.05) is 0 Å². The molecule has 0 aromatic heterocycles. The molecule has 9 heteroatoms. The van der Waals surface area contributed by atoms with Crippen LogP contribution in [-0.2, 0) is 9.59 Å². The largest absolute Gasteiger partial charge is 1.00 e. The standard InChI is InChI=1S/C4H6O6.H3N.Na.H2O/c5-1(3(7)8)2(6)4(9)10;;;/h1-2,5-6H,(H,7,8)(H,9,10);1H3;;1H2/q;;+1;/p-1. The van der Waals surface area contributed by atoms with Gasteiger partial charge in [-0.25, -0.2) is 0 Å². The van der Waals surface area contributed by atoms with Crippen molar-refractivity contribution in [2.75, 3.05) is 0 Å². The van der Waals surface area contributed by atoms with Gasteiger partial charge in [0.05, 0.1) is 11.9 Å². The van der Waals surface area contributed by atoms with Crippen molar-refractivity contribution < 1.29 is 65.0 Å². The number of rotatable bonds is 3. The Morgan fingerprint density at radius 2 is 1.15 bits per heavy atom. The van der Waals surface area contributed by atoms with Gasteiger partial charge >= 0.3 is 29.6 Å². The van der Waals surface area contributed by atoms with Crippen LogP contribution < -0.4 is 45.9 Å². The molecular weight excluding hydrogens is 197 g/mol. The first-order valence-electron chi connectivity index (χ1n) is 2.24. The topological polar surface area (TPSA) is 189 Å². The molecule has 0 fully saturated rings. The maximum Gasteiger partial charge on any atom is 1.00 e. The summed E-state index contributed by atoms with van der Waals surface area (Å²) in [4.78, 5) is 19.3. The summed E-state index contributed by atoms with van der Waals surface area (Å²) >= 11 is 0. The van der Waals surface area contributed by atoms with Crippen LogP contribution in [0.4, 0.5) is 0 Å². The number of hydrogen-bond acceptors (Lipinski definition) is 6. The van der Waals surface area contributed by atoms with E-state index in [1.807, 2.05) is 0 Å². The van der Waals surface area contributed by atoms with Gasteiger partial charge in [-0.3, -0.25) is 0 Å². The van der Waals surface area contributed by atoms with Gasteiger partial charge in [-0.15, -0.1) is 0 Å². The summed E-state index contributed by atoms with van der Waals surface area (Å²) in [6.45, 7) is 0. The molecule has 13 heavy (non-hydrogen) atoms. The minimum Gasteiger partial charge on any atom is -0.547 e. The van der Waals surface area contributed by atoms with Gasteiger partial charge in [0.2, 0.25) is 0 Å². The van der Waals surface area contributed by atoms with E-state index < -0.39 is 24.1 Å². The Kier molecular flexibility index (Phi) is 17.5. The number of hydrogen-bond donors (Lipinski definition) is 3. The van der Waals surface area contributed by atoms with Crippen LogP contribution in [0.2, 0.25) is 0 Å². The van der Waals surface area contributed by atoms with Crippen molar-refractivity contribution in [1.29, 1.82) is 0 Å². The van der Waals surface area contributed by atoms with Gasteiger partial charge in [-0.05, 0) is 0 Å². The van der Waals surface area contributed by atoms with Gasteiger partial charge in [0.25, 0.3) is 0 Å². The van der Waals surface area contributed by atoms with E-state index in [0.29, 0.717) is 0 Å². The molecule has 0 spiro atoms. The molecular formula is C4H10NNaO7. The quantitative estimate of drug-likeness (QED) is 0.385. The molecule has 0 aromatic rings. The van der Waals surface area contributed by atoms with E-state index in [2.05, 4.69) is 0 Å². The molecule has 2 unspecified atom stereocenters. The van der Waals surface area contributed by atoms with Crippen molar-refractivity contribution in [2.24, 2.45) is 0 Å². The number of carbonyl (C=O) groups is 2. The summed E-state index contributed by atoms with van der Waals surface area (Å²) in [5.41, 5.74) is 0. The van der Waals surface area contributed by atoms with Crippen molar-refractivity contribution in [3.05, 3.63) is 0 Å². The Hall–Kier alpha value is -0.220. The molecule has 74 valence electrons. The third-order valence-corrected chi connectivity index (χ3v) is 0.782. The molecule has 0 bridgehead atoms.